The first kappa shape index (κ1) is 17.8. The van der Waals surface area contributed by atoms with Crippen LogP contribution >= 0.6 is 22.7 Å². The third-order valence-corrected chi connectivity index (χ3v) is 8.58. The molecule has 5 heterocycles. The predicted molar refractivity (Wildman–Crippen MR) is 104 cm³/mol. The molecule has 0 aliphatic carbocycles. The van der Waals surface area contributed by atoms with Crippen molar-refractivity contribution in [1.29, 1.82) is 0 Å². The summed E-state index contributed by atoms with van der Waals surface area (Å²) in [6.07, 6.45) is 2.31. The van der Waals surface area contributed by atoms with Crippen LogP contribution in [0.2, 0.25) is 0 Å². The zero-order valence-electron chi connectivity index (χ0n) is 15.7. The van der Waals surface area contributed by atoms with Gasteiger partial charge in [-0.3, -0.25) is 0 Å². The minimum atomic E-state index is -1.18. The Bertz CT molecular complexity index is 778. The van der Waals surface area contributed by atoms with Gasteiger partial charge in [0.05, 0.1) is 23.8 Å². The van der Waals surface area contributed by atoms with Crippen LogP contribution in [-0.4, -0.2) is 62.1 Å². The molecule has 2 aromatic rings. The largest absolute Gasteiger partial charge is 0.459 e. The van der Waals surface area contributed by atoms with Crippen LogP contribution in [0.4, 0.5) is 0 Å². The van der Waals surface area contributed by atoms with Crippen molar-refractivity contribution >= 4 is 28.6 Å². The van der Waals surface area contributed by atoms with Crippen molar-refractivity contribution in [2.24, 2.45) is 0 Å². The summed E-state index contributed by atoms with van der Waals surface area (Å²) in [4.78, 5) is 15.2. The van der Waals surface area contributed by atoms with Gasteiger partial charge >= 0.3 is 5.97 Å². The van der Waals surface area contributed by atoms with Gasteiger partial charge in [-0.05, 0) is 22.9 Å². The number of methoxy groups -OCH3 is 1. The number of rotatable bonds is 5. The summed E-state index contributed by atoms with van der Waals surface area (Å²) in [5.41, 5.74) is -1.18. The van der Waals surface area contributed by atoms with E-state index in [1.165, 1.54) is 22.7 Å². The van der Waals surface area contributed by atoms with Crippen LogP contribution in [0.5, 0.6) is 0 Å². The second-order valence-corrected chi connectivity index (χ2v) is 10.1. The summed E-state index contributed by atoms with van der Waals surface area (Å²) in [5, 5.41) is 3.94. The summed E-state index contributed by atoms with van der Waals surface area (Å²) < 4.78 is 18.8. The molecule has 5 atom stereocenters. The minimum absolute atomic E-state index is 0.0792. The first-order valence-corrected chi connectivity index (χ1v) is 11.1. The van der Waals surface area contributed by atoms with Gasteiger partial charge in [-0.1, -0.05) is 12.1 Å². The number of fused-ring (bicyclic) bond motifs is 5. The van der Waals surface area contributed by atoms with Crippen molar-refractivity contribution in [3.05, 3.63) is 44.8 Å². The third-order valence-electron chi connectivity index (χ3n) is 6.64. The second-order valence-electron chi connectivity index (χ2n) is 8.17. The quantitative estimate of drug-likeness (QED) is 0.435. The fraction of sp³-hybridized carbons (Fsp3) is 0.550. The predicted octanol–water partition coefficient (Wildman–Crippen LogP) is 3.00. The average molecular weight is 407 g/mol. The van der Waals surface area contributed by atoms with Gasteiger partial charge in [-0.15, -0.1) is 22.7 Å². The van der Waals surface area contributed by atoms with Gasteiger partial charge < -0.3 is 18.7 Å². The number of quaternary nitrogens is 1. The molecule has 7 heteroatoms. The van der Waals surface area contributed by atoms with Gasteiger partial charge in [0, 0.05) is 20.0 Å². The Hall–Kier alpha value is -1.25. The molecule has 0 N–H and O–H groups in total. The number of carbonyl (C=O) groups excluding carboxylic acids is 1. The van der Waals surface area contributed by atoms with Crippen LogP contribution in [-0.2, 0) is 24.6 Å². The Labute approximate surface area is 167 Å². The van der Waals surface area contributed by atoms with E-state index in [0.29, 0.717) is 24.3 Å². The zero-order chi connectivity index (χ0) is 18.8. The number of nitrogens with zero attached hydrogens (tertiary/aromatic N) is 1. The van der Waals surface area contributed by atoms with Crippen LogP contribution in [0.3, 0.4) is 0 Å². The molecule has 144 valence electrons. The van der Waals surface area contributed by atoms with Gasteiger partial charge in [0.15, 0.2) is 0 Å². The topological polar surface area (TPSA) is 48.1 Å². The molecule has 3 saturated heterocycles. The van der Waals surface area contributed by atoms with Gasteiger partial charge in [0.25, 0.3) is 0 Å². The maximum absolute atomic E-state index is 13.5. The molecule has 2 bridgehead atoms. The summed E-state index contributed by atoms with van der Waals surface area (Å²) in [6, 6.07) is 8.60. The number of hydrogen-bond acceptors (Lipinski definition) is 6. The Morgan fingerprint density at radius 2 is 1.67 bits per heavy atom. The molecule has 0 saturated carbocycles. The van der Waals surface area contributed by atoms with E-state index in [0.717, 1.165) is 27.1 Å². The van der Waals surface area contributed by atoms with Gasteiger partial charge in [-0.25, -0.2) is 4.79 Å². The zero-order valence-corrected chi connectivity index (χ0v) is 17.3. The lowest BCUT2D eigenvalue weighted by atomic mass is 9.95. The van der Waals surface area contributed by atoms with Crippen LogP contribution in [0.15, 0.2) is 35.0 Å². The molecule has 0 aromatic carbocycles. The Morgan fingerprint density at radius 1 is 1.11 bits per heavy atom. The Kier molecular flexibility index (Phi) is 4.04. The van der Waals surface area contributed by atoms with E-state index in [1.807, 2.05) is 35.0 Å². The van der Waals surface area contributed by atoms with Gasteiger partial charge in [0.2, 0.25) is 5.60 Å². The fourth-order valence-corrected chi connectivity index (χ4v) is 6.97. The molecule has 3 fully saturated rings. The monoisotopic (exact) mass is 406 g/mol. The van der Waals surface area contributed by atoms with E-state index in [-0.39, 0.29) is 12.1 Å². The molecule has 5 nitrogen and oxygen atoms in total. The van der Waals surface area contributed by atoms with Crippen molar-refractivity contribution in [2.45, 2.75) is 48.8 Å². The highest BCUT2D eigenvalue weighted by Gasteiger charge is 2.71. The van der Waals surface area contributed by atoms with Crippen LogP contribution in [0.25, 0.3) is 0 Å². The molecular weight excluding hydrogens is 382 g/mol. The summed E-state index contributed by atoms with van der Waals surface area (Å²) in [7, 11) is 6.15. The number of piperidine rings is 1. The van der Waals surface area contributed by atoms with Gasteiger partial charge in [-0.2, -0.15) is 0 Å². The second kappa shape index (κ2) is 6.12. The molecular formula is C20H24NO4S2+. The van der Waals surface area contributed by atoms with Crippen molar-refractivity contribution in [3.8, 4) is 0 Å². The minimum Gasteiger partial charge on any atom is -0.459 e. The van der Waals surface area contributed by atoms with Crippen molar-refractivity contribution < 1.29 is 23.5 Å². The van der Waals surface area contributed by atoms with E-state index in [1.54, 1.807) is 7.11 Å². The Balaban J connectivity index is 1.42. The third kappa shape index (κ3) is 2.49. The molecule has 2 aromatic heterocycles. The number of esters is 1. The summed E-state index contributed by atoms with van der Waals surface area (Å²) >= 11 is 3.04. The lowest BCUT2D eigenvalue weighted by Crippen LogP contribution is -2.60. The lowest BCUT2D eigenvalue weighted by Gasteiger charge is -2.45. The van der Waals surface area contributed by atoms with Gasteiger partial charge in [0.1, 0.15) is 30.4 Å². The Morgan fingerprint density at radius 3 is 2.11 bits per heavy atom. The van der Waals surface area contributed by atoms with E-state index < -0.39 is 5.60 Å². The highest BCUT2D eigenvalue weighted by atomic mass is 32.1. The molecule has 5 rings (SSSR count). The number of likely N-dealkylation sites (N-methyl/N-ethyl adjacent to an activating group) is 1. The normalized spacial score (nSPS) is 33.5. The molecule has 1 unspecified atom stereocenters. The molecule has 0 spiro atoms. The van der Waals surface area contributed by atoms with E-state index in [4.69, 9.17) is 14.2 Å². The van der Waals surface area contributed by atoms with Crippen molar-refractivity contribution in [3.63, 3.8) is 0 Å². The average Bonchev–Trinajstić information content (AvgIpc) is 3.00. The highest BCUT2D eigenvalue weighted by molar-refractivity contribution is 7.12. The number of ether oxygens (including phenoxy) is 3. The molecule has 0 radical (unpaired) electrons. The van der Waals surface area contributed by atoms with Crippen molar-refractivity contribution in [1.82, 2.24) is 0 Å². The van der Waals surface area contributed by atoms with Crippen LogP contribution in [0, 0.1) is 0 Å². The number of thiophene rings is 2. The summed E-state index contributed by atoms with van der Waals surface area (Å²) in [5.74, 6) is -0.305. The molecule has 0 amide bonds. The molecule has 3 aliphatic heterocycles. The molecule has 3 aliphatic rings. The van der Waals surface area contributed by atoms with Crippen LogP contribution < -0.4 is 0 Å². The smallest absolute Gasteiger partial charge is 0.349 e. The van der Waals surface area contributed by atoms with E-state index in [9.17, 15) is 4.79 Å². The summed E-state index contributed by atoms with van der Waals surface area (Å²) in [6.45, 7) is 0. The van der Waals surface area contributed by atoms with E-state index in [2.05, 4.69) is 14.1 Å². The van der Waals surface area contributed by atoms with E-state index >= 15 is 0 Å². The number of morpholine rings is 1. The maximum Gasteiger partial charge on any atom is 0.349 e. The SMILES string of the molecule is COC(C(=O)OC1C[C@@H]2[C@H]3O[C@H]3[C@H](C1)[N+]2(C)C)(c1cccs1)c1cccs1. The maximum atomic E-state index is 13.5. The first-order valence-electron chi connectivity index (χ1n) is 9.31. The standard InChI is InChI=1S/C20H24NO4S2/c1-21(2)13-10-12(11-14(21)18-17(13)25-18)24-19(22)20(23-3,15-6-4-8-26-15)16-7-5-9-27-16/h4-9,12-14,17-18H,10-11H2,1-3H3/q+1/t12?,13-,14+,17-,18+. The van der Waals surface area contributed by atoms with Crippen LogP contribution in [0.1, 0.15) is 22.6 Å². The number of hydrogen-bond donors (Lipinski definition) is 0. The number of carbonyl (C=O) groups is 1. The number of epoxide rings is 1. The lowest BCUT2D eigenvalue weighted by molar-refractivity contribution is -0.938. The first-order chi connectivity index (χ1) is 13.0. The van der Waals surface area contributed by atoms with Crippen molar-refractivity contribution in [2.75, 3.05) is 21.2 Å². The fourth-order valence-electron chi connectivity index (χ4n) is 5.10. The molecule has 27 heavy (non-hydrogen) atoms. The highest BCUT2D eigenvalue weighted by Crippen LogP contribution is 2.52.